The molecule has 2 atom stereocenters. The van der Waals surface area contributed by atoms with E-state index in [1.165, 1.54) is 6.20 Å². The van der Waals surface area contributed by atoms with E-state index >= 15 is 0 Å². The molecule has 8 heteroatoms. The molecular formula is C13H17N3O5. The summed E-state index contributed by atoms with van der Waals surface area (Å²) in [5, 5.41) is 0. The number of hydrogen-bond donors (Lipinski definition) is 0. The quantitative estimate of drug-likeness (QED) is 0.618. The zero-order valence-electron chi connectivity index (χ0n) is 11.7. The molecule has 3 heterocycles. The monoisotopic (exact) mass is 295 g/mol. The third kappa shape index (κ3) is 2.91. The van der Waals surface area contributed by atoms with E-state index in [0.29, 0.717) is 19.6 Å². The number of epoxide rings is 2. The van der Waals surface area contributed by atoms with Crippen LogP contribution in [0.5, 0.6) is 0 Å². The number of rotatable bonds is 6. The number of hydrogen-bond acceptors (Lipinski definition) is 5. The molecule has 0 bridgehead atoms. The van der Waals surface area contributed by atoms with E-state index in [2.05, 4.69) is 0 Å². The summed E-state index contributed by atoms with van der Waals surface area (Å²) in [5.74, 6) is 0. The van der Waals surface area contributed by atoms with Gasteiger partial charge in [-0.3, -0.25) is 0 Å². The second kappa shape index (κ2) is 5.45. The van der Waals surface area contributed by atoms with Gasteiger partial charge in [-0.05, 0) is 6.42 Å². The van der Waals surface area contributed by atoms with Gasteiger partial charge in [0.1, 0.15) is 0 Å². The van der Waals surface area contributed by atoms with Gasteiger partial charge in [0.25, 0.3) is 0 Å². The van der Waals surface area contributed by atoms with Gasteiger partial charge in [-0.15, -0.1) is 0 Å². The fourth-order valence-corrected chi connectivity index (χ4v) is 2.06. The summed E-state index contributed by atoms with van der Waals surface area (Å²) in [7, 11) is 0. The van der Waals surface area contributed by atoms with Crippen LogP contribution in [0, 0.1) is 0 Å². The highest BCUT2D eigenvalue weighted by molar-refractivity contribution is 5.20. The molecule has 0 N–H and O–H groups in total. The first-order valence-corrected chi connectivity index (χ1v) is 6.98. The predicted octanol–water partition coefficient (Wildman–Crippen LogP) is -1.15. The topological polar surface area (TPSA) is 91.1 Å². The number of aromatic nitrogens is 3. The minimum absolute atomic E-state index is 0.123. The summed E-state index contributed by atoms with van der Waals surface area (Å²) in [5.41, 5.74) is -1.85. The molecule has 2 aliphatic rings. The maximum Gasteiger partial charge on any atom is 0.340 e. The second-order valence-electron chi connectivity index (χ2n) is 5.14. The van der Waals surface area contributed by atoms with Gasteiger partial charge in [-0.2, -0.15) is 0 Å². The van der Waals surface area contributed by atoms with Gasteiger partial charge >= 0.3 is 17.1 Å². The van der Waals surface area contributed by atoms with Gasteiger partial charge in [-0.1, -0.05) is 13.0 Å². The Morgan fingerprint density at radius 3 is 1.86 bits per heavy atom. The van der Waals surface area contributed by atoms with Crippen molar-refractivity contribution < 1.29 is 9.47 Å². The van der Waals surface area contributed by atoms with Crippen molar-refractivity contribution in [3.8, 4) is 0 Å². The molecule has 1 aromatic rings. The molecule has 2 aliphatic heterocycles. The molecule has 0 saturated carbocycles. The van der Waals surface area contributed by atoms with Crippen LogP contribution in [0.2, 0.25) is 0 Å². The lowest BCUT2D eigenvalue weighted by Gasteiger charge is -2.10. The van der Waals surface area contributed by atoms with Gasteiger partial charge in [0.2, 0.25) is 0 Å². The number of allylic oxidation sites excluding steroid dienone is 1. The second-order valence-corrected chi connectivity index (χ2v) is 5.14. The zero-order chi connectivity index (χ0) is 15.0. The van der Waals surface area contributed by atoms with E-state index in [-0.39, 0.29) is 25.3 Å². The van der Waals surface area contributed by atoms with Crippen LogP contribution in [-0.2, 0) is 22.6 Å². The van der Waals surface area contributed by atoms with Crippen LogP contribution in [0.25, 0.3) is 6.20 Å². The lowest BCUT2D eigenvalue weighted by molar-refractivity contribution is 0.349. The van der Waals surface area contributed by atoms with Gasteiger partial charge in [0.15, 0.2) is 0 Å². The minimum atomic E-state index is -0.627. The zero-order valence-corrected chi connectivity index (χ0v) is 11.7. The molecule has 2 fully saturated rings. The molecule has 114 valence electrons. The molecule has 2 unspecified atom stereocenters. The summed E-state index contributed by atoms with van der Waals surface area (Å²) in [6.07, 6.45) is 3.55. The normalized spacial score (nSPS) is 23.7. The maximum absolute atomic E-state index is 12.3. The molecule has 0 radical (unpaired) electrons. The van der Waals surface area contributed by atoms with Crippen LogP contribution in [-0.4, -0.2) is 39.1 Å². The van der Waals surface area contributed by atoms with Crippen LogP contribution < -0.4 is 17.1 Å². The van der Waals surface area contributed by atoms with Crippen molar-refractivity contribution >= 4 is 6.20 Å². The summed E-state index contributed by atoms with van der Waals surface area (Å²) in [6.45, 7) is 3.29. The van der Waals surface area contributed by atoms with Crippen molar-refractivity contribution in [2.45, 2.75) is 38.6 Å². The van der Waals surface area contributed by atoms with E-state index in [1.54, 1.807) is 6.08 Å². The predicted molar refractivity (Wildman–Crippen MR) is 74.3 cm³/mol. The van der Waals surface area contributed by atoms with Gasteiger partial charge < -0.3 is 9.47 Å². The average Bonchev–Trinajstić information content (AvgIpc) is 3.35. The molecule has 21 heavy (non-hydrogen) atoms. The highest BCUT2D eigenvalue weighted by atomic mass is 16.6. The van der Waals surface area contributed by atoms with Crippen LogP contribution in [0.4, 0.5) is 0 Å². The third-order valence-electron chi connectivity index (χ3n) is 3.40. The Balaban J connectivity index is 2.13. The molecule has 1 aromatic heterocycles. The third-order valence-corrected chi connectivity index (χ3v) is 3.40. The molecule has 0 aromatic carbocycles. The fraction of sp³-hybridized carbons (Fsp3) is 0.615. The van der Waals surface area contributed by atoms with E-state index in [1.807, 2.05) is 6.92 Å². The van der Waals surface area contributed by atoms with Crippen molar-refractivity contribution in [2.75, 3.05) is 13.2 Å². The van der Waals surface area contributed by atoms with Gasteiger partial charge in [0, 0.05) is 6.20 Å². The van der Waals surface area contributed by atoms with Crippen LogP contribution >= 0.6 is 0 Å². The lowest BCUT2D eigenvalue weighted by Crippen LogP contribution is -2.54. The first-order valence-electron chi connectivity index (χ1n) is 6.98. The fourth-order valence-electron chi connectivity index (χ4n) is 2.06. The SMILES string of the molecule is CC/C=C/n1c(=O)n(CC2CO2)c(=O)n(CC2CO2)c1=O. The standard InChI is InChI=1S/C13H17N3O5/c1-2-3-4-14-11(17)15(5-9-7-20-9)13(19)16(12(14)18)6-10-8-21-10/h3-4,9-10H,2,5-8H2,1H3/b4-3+. The van der Waals surface area contributed by atoms with E-state index in [0.717, 1.165) is 13.7 Å². The Morgan fingerprint density at radius 1 is 1.00 bits per heavy atom. The van der Waals surface area contributed by atoms with Crippen molar-refractivity contribution in [2.24, 2.45) is 0 Å². The first-order chi connectivity index (χ1) is 10.1. The molecule has 3 rings (SSSR count). The Bertz CT molecular complexity index is 681. The lowest BCUT2D eigenvalue weighted by atomic mass is 10.4. The largest absolute Gasteiger partial charge is 0.371 e. The summed E-state index contributed by atoms with van der Waals surface area (Å²) in [4.78, 5) is 37.0. The van der Waals surface area contributed by atoms with Crippen molar-refractivity contribution in [1.29, 1.82) is 0 Å². The Kier molecular flexibility index (Phi) is 3.64. The van der Waals surface area contributed by atoms with E-state index < -0.39 is 17.1 Å². The van der Waals surface area contributed by atoms with Crippen molar-refractivity contribution in [3.63, 3.8) is 0 Å². The highest BCUT2D eigenvalue weighted by Gasteiger charge is 2.29. The number of ether oxygens (including phenoxy) is 2. The Hall–Kier alpha value is -1.93. The van der Waals surface area contributed by atoms with Crippen LogP contribution in [0.15, 0.2) is 20.5 Å². The average molecular weight is 295 g/mol. The van der Waals surface area contributed by atoms with Crippen molar-refractivity contribution in [1.82, 2.24) is 13.7 Å². The summed E-state index contributed by atoms with van der Waals surface area (Å²) >= 11 is 0. The van der Waals surface area contributed by atoms with Crippen molar-refractivity contribution in [3.05, 3.63) is 37.5 Å². The minimum Gasteiger partial charge on any atom is -0.371 e. The summed E-state index contributed by atoms with van der Waals surface area (Å²) < 4.78 is 13.2. The van der Waals surface area contributed by atoms with Crippen LogP contribution in [0.1, 0.15) is 13.3 Å². The van der Waals surface area contributed by atoms with Gasteiger partial charge in [0.05, 0.1) is 38.5 Å². The Labute approximate surface area is 119 Å². The first kappa shape index (κ1) is 14.0. The molecule has 8 nitrogen and oxygen atoms in total. The van der Waals surface area contributed by atoms with Crippen LogP contribution in [0.3, 0.4) is 0 Å². The summed E-state index contributed by atoms with van der Waals surface area (Å²) in [6, 6.07) is 0. The molecule has 0 spiro atoms. The Morgan fingerprint density at radius 2 is 1.48 bits per heavy atom. The molecule has 0 amide bonds. The van der Waals surface area contributed by atoms with E-state index in [9.17, 15) is 14.4 Å². The molecular weight excluding hydrogens is 278 g/mol. The van der Waals surface area contributed by atoms with Gasteiger partial charge in [-0.25, -0.2) is 28.1 Å². The smallest absolute Gasteiger partial charge is 0.340 e. The number of nitrogens with zero attached hydrogens (tertiary/aromatic N) is 3. The maximum atomic E-state index is 12.3. The molecule has 0 aliphatic carbocycles. The van der Waals surface area contributed by atoms with E-state index in [4.69, 9.17) is 9.47 Å². The molecule has 2 saturated heterocycles. The highest BCUT2D eigenvalue weighted by Crippen LogP contribution is 2.10.